The molecule has 0 radical (unpaired) electrons. The van der Waals surface area contributed by atoms with Crippen LogP contribution in [0.2, 0.25) is 0 Å². The molecule has 1 fully saturated rings. The fourth-order valence-electron chi connectivity index (χ4n) is 4.64. The highest BCUT2D eigenvalue weighted by Crippen LogP contribution is 2.27. The van der Waals surface area contributed by atoms with Gasteiger partial charge in [0.15, 0.2) is 10.8 Å². The number of benzene rings is 2. The molecule has 0 aliphatic carbocycles. The van der Waals surface area contributed by atoms with Crippen molar-refractivity contribution in [2.75, 3.05) is 30.4 Å². The van der Waals surface area contributed by atoms with Crippen LogP contribution in [0.1, 0.15) is 12.8 Å². The molecular weight excluding hydrogens is 484 g/mol. The van der Waals surface area contributed by atoms with Crippen LogP contribution in [0.3, 0.4) is 0 Å². The van der Waals surface area contributed by atoms with Crippen molar-refractivity contribution < 1.29 is 9.53 Å². The van der Waals surface area contributed by atoms with Crippen LogP contribution in [0.25, 0.3) is 27.5 Å². The standard InChI is InChI=1S/C28H26N6O2S/c1-36-23-10-6-19(7-11-23)24-12-13-26(32-31-24)33-14-2-3-21(17-33)27(35)29-22-8-4-20(5-9-22)25-18-34-15-16-37-28(34)30-25/h4-13,15-16,18,21H,2-3,14,17H2,1H3,(H,29,35). The molecule has 0 saturated carbocycles. The number of nitrogens with one attached hydrogen (secondary N) is 1. The van der Waals surface area contributed by atoms with Gasteiger partial charge in [-0.05, 0) is 61.4 Å². The number of amides is 1. The van der Waals surface area contributed by atoms with Gasteiger partial charge in [-0.3, -0.25) is 9.20 Å². The summed E-state index contributed by atoms with van der Waals surface area (Å²) < 4.78 is 7.24. The summed E-state index contributed by atoms with van der Waals surface area (Å²) in [5.74, 6) is 1.51. The second kappa shape index (κ2) is 10.0. The molecule has 3 aromatic heterocycles. The maximum Gasteiger partial charge on any atom is 0.229 e. The third kappa shape index (κ3) is 4.90. The Morgan fingerprint density at radius 3 is 2.51 bits per heavy atom. The Labute approximate surface area is 218 Å². The Hall–Kier alpha value is -4.24. The van der Waals surface area contributed by atoms with Gasteiger partial charge in [0.1, 0.15) is 5.75 Å². The van der Waals surface area contributed by atoms with Gasteiger partial charge in [-0.1, -0.05) is 12.1 Å². The molecule has 4 heterocycles. The van der Waals surface area contributed by atoms with Crippen molar-refractivity contribution in [1.82, 2.24) is 19.6 Å². The molecule has 0 spiro atoms. The summed E-state index contributed by atoms with van der Waals surface area (Å²) in [6.45, 7) is 1.48. The van der Waals surface area contributed by atoms with E-state index in [9.17, 15) is 4.79 Å². The normalized spacial score (nSPS) is 15.6. The van der Waals surface area contributed by atoms with E-state index in [0.29, 0.717) is 6.54 Å². The van der Waals surface area contributed by atoms with Crippen LogP contribution in [0, 0.1) is 5.92 Å². The molecule has 1 atom stereocenters. The smallest absolute Gasteiger partial charge is 0.229 e. The van der Waals surface area contributed by atoms with Crippen molar-refractivity contribution in [2.24, 2.45) is 5.92 Å². The van der Waals surface area contributed by atoms with Crippen LogP contribution in [0.4, 0.5) is 11.5 Å². The van der Waals surface area contributed by atoms with E-state index in [-0.39, 0.29) is 11.8 Å². The number of methoxy groups -OCH3 is 1. The van der Waals surface area contributed by atoms with Gasteiger partial charge in [0, 0.05) is 47.7 Å². The Bertz CT molecular complexity index is 1480. The van der Waals surface area contributed by atoms with Gasteiger partial charge < -0.3 is 15.0 Å². The first kappa shape index (κ1) is 23.2. The van der Waals surface area contributed by atoms with Crippen LogP contribution >= 0.6 is 11.3 Å². The highest BCUT2D eigenvalue weighted by molar-refractivity contribution is 7.15. The number of anilines is 2. The molecule has 37 heavy (non-hydrogen) atoms. The molecule has 1 unspecified atom stereocenters. The van der Waals surface area contributed by atoms with E-state index in [0.717, 1.165) is 64.1 Å². The Morgan fingerprint density at radius 1 is 1.00 bits per heavy atom. The van der Waals surface area contributed by atoms with Gasteiger partial charge in [0.2, 0.25) is 5.91 Å². The summed E-state index contributed by atoms with van der Waals surface area (Å²) in [7, 11) is 1.65. The van der Waals surface area contributed by atoms with E-state index in [1.807, 2.05) is 82.8 Å². The average Bonchev–Trinajstić information content (AvgIpc) is 3.57. The Kier molecular flexibility index (Phi) is 6.28. The molecule has 1 aliphatic rings. The van der Waals surface area contributed by atoms with Gasteiger partial charge in [0.25, 0.3) is 0 Å². The SMILES string of the molecule is COc1ccc(-c2ccc(N3CCCC(C(=O)Nc4ccc(-c5cn6ccsc6n5)cc4)C3)nn2)cc1. The monoisotopic (exact) mass is 510 g/mol. The number of carbonyl (C=O) groups is 1. The van der Waals surface area contributed by atoms with Crippen molar-refractivity contribution in [3.05, 3.63) is 78.4 Å². The molecule has 1 amide bonds. The number of hydrogen-bond donors (Lipinski definition) is 1. The summed E-state index contributed by atoms with van der Waals surface area (Å²) in [6, 6.07) is 19.6. The van der Waals surface area contributed by atoms with Crippen LogP contribution in [0.5, 0.6) is 5.75 Å². The Morgan fingerprint density at radius 2 is 1.78 bits per heavy atom. The van der Waals surface area contributed by atoms with Crippen LogP contribution in [0.15, 0.2) is 78.4 Å². The summed E-state index contributed by atoms with van der Waals surface area (Å²) in [6.07, 6.45) is 5.79. The molecule has 6 rings (SSSR count). The molecule has 1 N–H and O–H groups in total. The largest absolute Gasteiger partial charge is 0.497 e. The van der Waals surface area contributed by atoms with Crippen molar-refractivity contribution in [3.63, 3.8) is 0 Å². The zero-order valence-corrected chi connectivity index (χ0v) is 21.2. The maximum absolute atomic E-state index is 13.1. The number of aromatic nitrogens is 4. The van der Waals surface area contributed by atoms with E-state index < -0.39 is 0 Å². The minimum absolute atomic E-state index is 0.0303. The van der Waals surface area contributed by atoms with E-state index in [1.165, 1.54) is 0 Å². The van der Waals surface area contributed by atoms with Crippen molar-refractivity contribution in [1.29, 1.82) is 0 Å². The fraction of sp³-hybridized carbons (Fsp3) is 0.214. The quantitative estimate of drug-likeness (QED) is 0.330. The zero-order chi connectivity index (χ0) is 25.2. The summed E-state index contributed by atoms with van der Waals surface area (Å²) in [4.78, 5) is 20.8. The number of fused-ring (bicyclic) bond motifs is 1. The lowest BCUT2D eigenvalue weighted by atomic mass is 9.97. The molecule has 8 nitrogen and oxygen atoms in total. The highest BCUT2D eigenvalue weighted by atomic mass is 32.1. The molecule has 5 aromatic rings. The second-order valence-electron chi connectivity index (χ2n) is 9.08. The molecule has 186 valence electrons. The van der Waals surface area contributed by atoms with E-state index in [4.69, 9.17) is 4.74 Å². The van der Waals surface area contributed by atoms with Crippen molar-refractivity contribution >= 4 is 33.7 Å². The maximum atomic E-state index is 13.1. The predicted octanol–water partition coefficient (Wildman–Crippen LogP) is 5.38. The van der Waals surface area contributed by atoms with E-state index >= 15 is 0 Å². The number of rotatable bonds is 6. The molecule has 0 bridgehead atoms. The lowest BCUT2D eigenvalue weighted by Crippen LogP contribution is -2.41. The van der Waals surface area contributed by atoms with Gasteiger partial charge in [-0.2, -0.15) is 0 Å². The minimum Gasteiger partial charge on any atom is -0.497 e. The van der Waals surface area contributed by atoms with E-state index in [1.54, 1.807) is 18.4 Å². The number of hydrogen-bond acceptors (Lipinski definition) is 7. The number of piperidine rings is 1. The molecule has 1 saturated heterocycles. The first-order chi connectivity index (χ1) is 18.2. The average molecular weight is 511 g/mol. The van der Waals surface area contributed by atoms with Crippen LogP contribution in [-0.4, -0.2) is 45.7 Å². The second-order valence-corrected chi connectivity index (χ2v) is 9.95. The lowest BCUT2D eigenvalue weighted by molar-refractivity contribution is -0.120. The first-order valence-corrected chi connectivity index (χ1v) is 13.1. The third-order valence-electron chi connectivity index (χ3n) is 6.69. The Balaban J connectivity index is 1.08. The summed E-state index contributed by atoms with van der Waals surface area (Å²) >= 11 is 1.61. The number of imidazole rings is 1. The van der Waals surface area contributed by atoms with Gasteiger partial charge in [0.05, 0.1) is 24.4 Å². The zero-order valence-electron chi connectivity index (χ0n) is 20.4. The molecule has 2 aromatic carbocycles. The van der Waals surface area contributed by atoms with Gasteiger partial charge in [-0.25, -0.2) is 4.98 Å². The highest BCUT2D eigenvalue weighted by Gasteiger charge is 2.27. The third-order valence-corrected chi connectivity index (χ3v) is 7.46. The molecule has 1 aliphatic heterocycles. The number of ether oxygens (including phenoxy) is 1. The number of thiazole rings is 1. The van der Waals surface area contributed by atoms with Crippen LogP contribution < -0.4 is 15.0 Å². The number of carbonyl (C=O) groups excluding carboxylic acids is 1. The fourth-order valence-corrected chi connectivity index (χ4v) is 5.34. The first-order valence-electron chi connectivity index (χ1n) is 12.2. The number of nitrogens with zero attached hydrogens (tertiary/aromatic N) is 5. The van der Waals surface area contributed by atoms with Crippen molar-refractivity contribution in [3.8, 4) is 28.3 Å². The molecule has 9 heteroatoms. The van der Waals surface area contributed by atoms with Gasteiger partial charge in [-0.15, -0.1) is 21.5 Å². The minimum atomic E-state index is -0.114. The van der Waals surface area contributed by atoms with Gasteiger partial charge >= 0.3 is 0 Å². The summed E-state index contributed by atoms with van der Waals surface area (Å²) in [5, 5.41) is 14.0. The molecular formula is C28H26N6O2S. The predicted molar refractivity (Wildman–Crippen MR) is 146 cm³/mol. The van der Waals surface area contributed by atoms with Crippen LogP contribution in [-0.2, 0) is 4.79 Å². The van der Waals surface area contributed by atoms with E-state index in [2.05, 4.69) is 25.4 Å². The van der Waals surface area contributed by atoms with Crippen molar-refractivity contribution in [2.45, 2.75) is 12.8 Å². The topological polar surface area (TPSA) is 84.7 Å². The lowest BCUT2D eigenvalue weighted by Gasteiger charge is -2.32. The summed E-state index contributed by atoms with van der Waals surface area (Å²) in [5.41, 5.74) is 4.52.